The van der Waals surface area contributed by atoms with Gasteiger partial charge >= 0.3 is 0 Å². The third kappa shape index (κ3) is 3.92. The number of hydrogen-bond acceptors (Lipinski definition) is 6. The number of benzene rings is 1. The molecule has 0 bridgehead atoms. The molecule has 3 N–H and O–H groups in total. The lowest BCUT2D eigenvalue weighted by Gasteiger charge is -2.31. The Morgan fingerprint density at radius 2 is 1.94 bits per heavy atom. The third-order valence-corrected chi connectivity index (χ3v) is 6.66. The smallest absolute Gasteiger partial charge is 0.281 e. The van der Waals surface area contributed by atoms with Crippen molar-refractivity contribution in [3.05, 3.63) is 46.2 Å². The molecule has 2 aromatic heterocycles. The average Bonchev–Trinajstić information content (AvgIpc) is 3.09. The van der Waals surface area contributed by atoms with E-state index in [1.54, 1.807) is 11.6 Å². The number of imidazole rings is 1. The van der Waals surface area contributed by atoms with Gasteiger partial charge in [-0.1, -0.05) is 36.8 Å². The van der Waals surface area contributed by atoms with Crippen LogP contribution in [0.5, 0.6) is 0 Å². The van der Waals surface area contributed by atoms with Gasteiger partial charge in [0.05, 0.1) is 6.54 Å². The van der Waals surface area contributed by atoms with Crippen LogP contribution in [-0.4, -0.2) is 44.8 Å². The van der Waals surface area contributed by atoms with E-state index in [1.165, 1.54) is 19.3 Å². The zero-order valence-corrected chi connectivity index (χ0v) is 18.1. The number of nitrogens with two attached hydrogens (primary N) is 1. The summed E-state index contributed by atoms with van der Waals surface area (Å²) in [5.74, 6) is 2.05. The van der Waals surface area contributed by atoms with Gasteiger partial charge in [0.1, 0.15) is 0 Å². The van der Waals surface area contributed by atoms with Crippen molar-refractivity contribution < 1.29 is 0 Å². The fraction of sp³-hybridized carbons (Fsp3) is 0.522. The van der Waals surface area contributed by atoms with Crippen LogP contribution in [0.2, 0.25) is 0 Å². The van der Waals surface area contributed by atoms with Crippen molar-refractivity contribution in [2.45, 2.75) is 44.7 Å². The van der Waals surface area contributed by atoms with Crippen molar-refractivity contribution in [2.24, 2.45) is 18.7 Å². The fourth-order valence-electron chi connectivity index (χ4n) is 4.59. The lowest BCUT2D eigenvalue weighted by atomic mass is 9.85. The Morgan fingerprint density at radius 3 is 2.65 bits per heavy atom. The van der Waals surface area contributed by atoms with Crippen LogP contribution < -0.4 is 21.5 Å². The second kappa shape index (κ2) is 8.34. The highest BCUT2D eigenvalue weighted by atomic mass is 16.1. The number of hydrogen-bond donors (Lipinski definition) is 2. The molecule has 164 valence electrons. The van der Waals surface area contributed by atoms with E-state index in [0.29, 0.717) is 29.6 Å². The summed E-state index contributed by atoms with van der Waals surface area (Å²) in [5.41, 5.74) is 8.36. The molecule has 3 aromatic rings. The zero-order valence-electron chi connectivity index (χ0n) is 18.1. The number of nitrogens with one attached hydrogen (secondary N) is 1. The van der Waals surface area contributed by atoms with E-state index in [1.807, 2.05) is 22.8 Å². The Morgan fingerprint density at radius 1 is 1.13 bits per heavy atom. The summed E-state index contributed by atoms with van der Waals surface area (Å²) in [5, 5.41) is 3.38. The first-order valence-corrected chi connectivity index (χ1v) is 11.4. The molecule has 1 saturated heterocycles. The zero-order chi connectivity index (χ0) is 21.4. The van der Waals surface area contributed by atoms with E-state index >= 15 is 0 Å². The van der Waals surface area contributed by atoms with Gasteiger partial charge in [0.25, 0.3) is 5.56 Å². The first-order valence-electron chi connectivity index (χ1n) is 11.4. The molecule has 3 heterocycles. The third-order valence-electron chi connectivity index (χ3n) is 6.66. The van der Waals surface area contributed by atoms with Crippen LogP contribution >= 0.6 is 0 Å². The van der Waals surface area contributed by atoms with Crippen molar-refractivity contribution in [1.29, 1.82) is 0 Å². The van der Waals surface area contributed by atoms with E-state index in [0.717, 1.165) is 44.0 Å². The SMILES string of the molecule is Cn1c(NCC2CCC2)nc2nc(N3CCCC(N)C3)n(Cc3ccccc3)c2c1=O. The van der Waals surface area contributed by atoms with Crippen LogP contribution in [-0.2, 0) is 13.6 Å². The molecule has 8 heteroatoms. The molecule has 2 fully saturated rings. The number of nitrogens with zero attached hydrogens (tertiary/aromatic N) is 5. The predicted molar refractivity (Wildman–Crippen MR) is 124 cm³/mol. The van der Waals surface area contributed by atoms with E-state index in [2.05, 4.69) is 22.3 Å². The molecule has 31 heavy (non-hydrogen) atoms. The molecule has 1 aliphatic heterocycles. The second-order valence-electron chi connectivity index (χ2n) is 8.98. The Labute approximate surface area is 182 Å². The molecular weight excluding hydrogens is 390 g/mol. The molecular formula is C23H31N7O. The summed E-state index contributed by atoms with van der Waals surface area (Å²) in [6.45, 7) is 3.05. The van der Waals surface area contributed by atoms with Gasteiger partial charge < -0.3 is 16.0 Å². The number of rotatable bonds is 6. The van der Waals surface area contributed by atoms with Gasteiger partial charge in [-0.2, -0.15) is 9.97 Å². The first-order chi connectivity index (χ1) is 15.1. The summed E-state index contributed by atoms with van der Waals surface area (Å²) in [6, 6.07) is 10.3. The summed E-state index contributed by atoms with van der Waals surface area (Å²) in [7, 11) is 1.79. The maximum atomic E-state index is 13.4. The fourth-order valence-corrected chi connectivity index (χ4v) is 4.59. The largest absolute Gasteiger partial charge is 0.355 e. The van der Waals surface area contributed by atoms with Crippen molar-refractivity contribution in [2.75, 3.05) is 29.9 Å². The Hall–Kier alpha value is -2.87. The van der Waals surface area contributed by atoms with Crippen molar-refractivity contribution >= 4 is 23.1 Å². The van der Waals surface area contributed by atoms with Gasteiger partial charge in [-0.3, -0.25) is 13.9 Å². The van der Waals surface area contributed by atoms with Gasteiger partial charge in [-0.15, -0.1) is 0 Å². The van der Waals surface area contributed by atoms with E-state index in [-0.39, 0.29) is 11.6 Å². The van der Waals surface area contributed by atoms with E-state index in [4.69, 9.17) is 15.7 Å². The number of anilines is 2. The topological polar surface area (TPSA) is 94.0 Å². The van der Waals surface area contributed by atoms with Crippen LogP contribution in [0.25, 0.3) is 11.2 Å². The monoisotopic (exact) mass is 421 g/mol. The molecule has 0 amide bonds. The summed E-state index contributed by atoms with van der Waals surface area (Å²) < 4.78 is 3.64. The molecule has 1 atom stereocenters. The normalized spacial score (nSPS) is 19.5. The highest BCUT2D eigenvalue weighted by Gasteiger charge is 2.26. The summed E-state index contributed by atoms with van der Waals surface area (Å²) in [4.78, 5) is 25.3. The van der Waals surface area contributed by atoms with Crippen LogP contribution in [0.3, 0.4) is 0 Å². The van der Waals surface area contributed by atoms with Crippen molar-refractivity contribution in [3.8, 4) is 0 Å². The average molecular weight is 422 g/mol. The number of aromatic nitrogens is 4. The minimum atomic E-state index is -0.0721. The molecule has 1 aromatic carbocycles. The molecule has 5 rings (SSSR count). The first kappa shape index (κ1) is 20.1. The van der Waals surface area contributed by atoms with Crippen LogP contribution in [0, 0.1) is 5.92 Å². The van der Waals surface area contributed by atoms with E-state index in [9.17, 15) is 4.79 Å². The molecule has 0 spiro atoms. The van der Waals surface area contributed by atoms with Crippen molar-refractivity contribution in [3.63, 3.8) is 0 Å². The van der Waals surface area contributed by atoms with Crippen LogP contribution in [0.1, 0.15) is 37.7 Å². The van der Waals surface area contributed by atoms with Crippen molar-refractivity contribution in [1.82, 2.24) is 19.1 Å². The van der Waals surface area contributed by atoms with Crippen LogP contribution in [0.4, 0.5) is 11.9 Å². The molecule has 1 unspecified atom stereocenters. The highest BCUT2D eigenvalue weighted by molar-refractivity contribution is 5.75. The van der Waals surface area contributed by atoms with Crippen LogP contribution in [0.15, 0.2) is 35.1 Å². The minimum Gasteiger partial charge on any atom is -0.355 e. The number of piperidine rings is 1. The lowest BCUT2D eigenvalue weighted by Crippen LogP contribution is -2.44. The summed E-state index contributed by atoms with van der Waals surface area (Å²) >= 11 is 0. The Bertz CT molecular complexity index is 1120. The molecule has 2 aliphatic rings. The quantitative estimate of drug-likeness (QED) is 0.634. The minimum absolute atomic E-state index is 0.0721. The standard InChI is InChI=1S/C23H31N7O/c1-28-21(31)19-20(26-22(28)25-13-16-9-5-10-16)27-23(29-12-6-11-18(24)15-29)30(19)14-17-7-3-2-4-8-17/h2-4,7-8,16,18H,5-6,9-15,24H2,1H3,(H,25,26). The van der Waals surface area contributed by atoms with Gasteiger partial charge in [-0.05, 0) is 37.2 Å². The van der Waals surface area contributed by atoms with Gasteiger partial charge in [0, 0.05) is 32.7 Å². The highest BCUT2D eigenvalue weighted by Crippen LogP contribution is 2.27. The molecule has 8 nitrogen and oxygen atoms in total. The Kier molecular flexibility index (Phi) is 5.40. The van der Waals surface area contributed by atoms with Gasteiger partial charge in [0.2, 0.25) is 11.9 Å². The van der Waals surface area contributed by atoms with Gasteiger partial charge in [-0.25, -0.2) is 0 Å². The summed E-state index contributed by atoms with van der Waals surface area (Å²) in [6.07, 6.45) is 5.82. The second-order valence-corrected chi connectivity index (χ2v) is 8.98. The van der Waals surface area contributed by atoms with Gasteiger partial charge in [0.15, 0.2) is 11.2 Å². The predicted octanol–water partition coefficient (Wildman–Crippen LogP) is 2.32. The molecule has 1 saturated carbocycles. The Balaban J connectivity index is 1.58. The molecule has 1 aliphatic carbocycles. The van der Waals surface area contributed by atoms with E-state index < -0.39 is 0 Å². The lowest BCUT2D eigenvalue weighted by molar-refractivity contribution is 0.332. The maximum Gasteiger partial charge on any atom is 0.281 e. The molecule has 0 radical (unpaired) electrons. The maximum absolute atomic E-state index is 13.4. The number of fused-ring (bicyclic) bond motifs is 1.